The molecule has 1 aliphatic rings. The summed E-state index contributed by atoms with van der Waals surface area (Å²) in [5.41, 5.74) is 2.84. The van der Waals surface area contributed by atoms with Crippen molar-refractivity contribution in [2.45, 2.75) is 23.9 Å². The normalized spacial score (nSPS) is 17.2. The lowest BCUT2D eigenvalue weighted by Gasteiger charge is -2.18. The topological polar surface area (TPSA) is 87.2 Å². The largest absolute Gasteiger partial charge is 0.380 e. The van der Waals surface area contributed by atoms with Crippen LogP contribution in [0.3, 0.4) is 0 Å². The van der Waals surface area contributed by atoms with Gasteiger partial charge < -0.3 is 5.32 Å². The molecule has 1 saturated heterocycles. The molecule has 0 amide bonds. The number of aromatic nitrogens is 2. The van der Waals surface area contributed by atoms with E-state index in [4.69, 9.17) is 11.6 Å². The molecule has 1 atom stereocenters. The van der Waals surface area contributed by atoms with Gasteiger partial charge in [0.2, 0.25) is 0 Å². The van der Waals surface area contributed by atoms with Crippen LogP contribution in [0.25, 0.3) is 0 Å². The Morgan fingerprint density at radius 1 is 1.30 bits per heavy atom. The van der Waals surface area contributed by atoms with Crippen LogP contribution in [0.15, 0.2) is 52.3 Å². The Morgan fingerprint density at radius 3 is 2.90 bits per heavy atom. The minimum Gasteiger partial charge on any atom is -0.380 e. The first-order valence-electron chi connectivity index (χ1n) is 9.19. The molecule has 0 saturated carbocycles. The summed E-state index contributed by atoms with van der Waals surface area (Å²) in [7, 11) is -4.13. The van der Waals surface area contributed by atoms with E-state index in [0.29, 0.717) is 5.69 Å². The second-order valence-electron chi connectivity index (χ2n) is 6.93. The first-order chi connectivity index (χ1) is 14.4. The molecule has 0 bridgehead atoms. The maximum Gasteiger partial charge on any atom is 0.266 e. The van der Waals surface area contributed by atoms with Crippen LogP contribution in [0.2, 0.25) is 5.02 Å². The first-order valence-corrected chi connectivity index (χ1v) is 12.0. The molecule has 2 aromatic heterocycles. The van der Waals surface area contributed by atoms with Gasteiger partial charge >= 0.3 is 0 Å². The molecule has 0 radical (unpaired) electrons. The summed E-state index contributed by atoms with van der Waals surface area (Å²) >= 11 is 7.50. The summed E-state index contributed by atoms with van der Waals surface area (Å²) in [6.45, 7) is 2.36. The molecule has 1 fully saturated rings. The number of hydrogen-bond donors (Lipinski definition) is 2. The number of hydrogen-bond acceptors (Lipinski definition) is 7. The minimum atomic E-state index is -4.13. The molecular formula is C19H19ClFN5O2S2. The zero-order valence-electron chi connectivity index (χ0n) is 15.8. The van der Waals surface area contributed by atoms with Gasteiger partial charge in [-0.05, 0) is 30.7 Å². The van der Waals surface area contributed by atoms with Crippen LogP contribution in [0.4, 0.5) is 15.9 Å². The number of nitrogens with one attached hydrogen (secondary N) is 2. The smallest absolute Gasteiger partial charge is 0.266 e. The van der Waals surface area contributed by atoms with Gasteiger partial charge in [-0.25, -0.2) is 17.8 Å². The van der Waals surface area contributed by atoms with Crippen LogP contribution in [-0.2, 0) is 16.6 Å². The molecule has 0 aliphatic carbocycles. The van der Waals surface area contributed by atoms with Gasteiger partial charge in [0.05, 0.1) is 21.9 Å². The van der Waals surface area contributed by atoms with Gasteiger partial charge in [0, 0.05) is 37.3 Å². The van der Waals surface area contributed by atoms with Gasteiger partial charge in [0.15, 0.2) is 5.82 Å². The fourth-order valence-electron chi connectivity index (χ4n) is 3.34. The zero-order valence-corrected chi connectivity index (χ0v) is 18.1. The van der Waals surface area contributed by atoms with Crippen LogP contribution in [-0.4, -0.2) is 42.4 Å². The number of sulfonamides is 1. The summed E-state index contributed by atoms with van der Waals surface area (Å²) in [4.78, 5) is 9.92. The van der Waals surface area contributed by atoms with Gasteiger partial charge in [-0.3, -0.25) is 14.6 Å². The highest BCUT2D eigenvalue weighted by Crippen LogP contribution is 2.30. The van der Waals surface area contributed by atoms with Crippen LogP contribution in [0, 0.1) is 5.82 Å². The van der Waals surface area contributed by atoms with Gasteiger partial charge in [-0.15, -0.1) is 11.3 Å². The third-order valence-electron chi connectivity index (χ3n) is 4.73. The summed E-state index contributed by atoms with van der Waals surface area (Å²) in [5.74, 6) is -0.746. The number of thiazole rings is 1. The first kappa shape index (κ1) is 21.0. The molecule has 1 aliphatic heterocycles. The molecule has 158 valence electrons. The monoisotopic (exact) mass is 467 g/mol. The van der Waals surface area contributed by atoms with E-state index < -0.39 is 20.7 Å². The quantitative estimate of drug-likeness (QED) is 0.549. The number of benzene rings is 1. The highest BCUT2D eigenvalue weighted by Gasteiger charge is 2.26. The molecule has 11 heteroatoms. The molecule has 2 N–H and O–H groups in total. The molecule has 1 aromatic carbocycles. The van der Waals surface area contributed by atoms with Crippen molar-refractivity contribution < 1.29 is 12.8 Å². The van der Waals surface area contributed by atoms with Crippen molar-refractivity contribution in [2.24, 2.45) is 0 Å². The fourth-order valence-corrected chi connectivity index (χ4v) is 5.26. The number of pyridine rings is 1. The van der Waals surface area contributed by atoms with E-state index in [9.17, 15) is 12.8 Å². The molecule has 30 heavy (non-hydrogen) atoms. The SMILES string of the molecule is O=S(=O)(Nc1cscn1)c1cc(Cl)c(NC2CCN(Cc3ccccn3)C2)cc1F. The van der Waals surface area contributed by atoms with Crippen molar-refractivity contribution >= 4 is 44.5 Å². The van der Waals surface area contributed by atoms with E-state index in [1.807, 2.05) is 18.2 Å². The summed E-state index contributed by atoms with van der Waals surface area (Å²) in [6, 6.07) is 8.13. The lowest BCUT2D eigenvalue weighted by molar-refractivity contribution is 0.324. The third-order valence-corrected chi connectivity index (χ3v) is 7.00. The van der Waals surface area contributed by atoms with E-state index in [1.165, 1.54) is 22.2 Å². The van der Waals surface area contributed by atoms with Crippen molar-refractivity contribution in [3.8, 4) is 0 Å². The maximum atomic E-state index is 14.6. The summed E-state index contributed by atoms with van der Waals surface area (Å²) in [5, 5.41) is 4.88. The Bertz CT molecular complexity index is 1110. The van der Waals surface area contributed by atoms with E-state index in [1.54, 1.807) is 6.20 Å². The Kier molecular flexibility index (Phi) is 6.19. The Labute approximate surface area is 183 Å². The van der Waals surface area contributed by atoms with E-state index >= 15 is 0 Å². The second kappa shape index (κ2) is 8.84. The Morgan fingerprint density at radius 2 is 2.17 bits per heavy atom. The standard InChI is InChI=1S/C19H19ClFN5O2S2/c20-15-7-18(30(27,28)25-19-11-29-12-23-19)16(21)8-17(15)24-14-4-6-26(10-14)9-13-3-1-2-5-22-13/h1-3,5,7-8,11-12,14,24-25H,4,6,9-10H2. The van der Waals surface area contributed by atoms with E-state index in [0.717, 1.165) is 43.9 Å². The van der Waals surface area contributed by atoms with Gasteiger partial charge in [0.25, 0.3) is 10.0 Å². The van der Waals surface area contributed by atoms with Crippen LogP contribution >= 0.6 is 22.9 Å². The fraction of sp³-hybridized carbons (Fsp3) is 0.263. The average molecular weight is 468 g/mol. The third kappa shape index (κ3) is 4.89. The van der Waals surface area contributed by atoms with Crippen LogP contribution in [0.5, 0.6) is 0 Å². The average Bonchev–Trinajstić information content (AvgIpc) is 3.37. The number of likely N-dealkylation sites (tertiary alicyclic amines) is 1. The lowest BCUT2D eigenvalue weighted by Crippen LogP contribution is -2.26. The van der Waals surface area contributed by atoms with Crippen LogP contribution < -0.4 is 10.0 Å². The van der Waals surface area contributed by atoms with Crippen molar-refractivity contribution in [3.63, 3.8) is 0 Å². The summed E-state index contributed by atoms with van der Waals surface area (Å²) < 4.78 is 41.8. The van der Waals surface area contributed by atoms with Crippen molar-refractivity contribution in [2.75, 3.05) is 23.1 Å². The lowest BCUT2D eigenvalue weighted by atomic mass is 10.2. The Balaban J connectivity index is 1.44. The second-order valence-corrected chi connectivity index (χ2v) is 9.70. The maximum absolute atomic E-state index is 14.6. The van der Waals surface area contributed by atoms with Gasteiger partial charge in [-0.2, -0.15) is 0 Å². The number of anilines is 2. The minimum absolute atomic E-state index is 0.0706. The van der Waals surface area contributed by atoms with E-state index in [2.05, 4.69) is 24.9 Å². The molecule has 1 unspecified atom stereocenters. The van der Waals surface area contributed by atoms with Crippen molar-refractivity contribution in [3.05, 3.63) is 64.0 Å². The molecule has 4 rings (SSSR count). The number of nitrogens with zero attached hydrogens (tertiary/aromatic N) is 3. The van der Waals surface area contributed by atoms with Crippen molar-refractivity contribution in [1.82, 2.24) is 14.9 Å². The molecule has 7 nitrogen and oxygen atoms in total. The predicted octanol–water partition coefficient (Wildman–Crippen LogP) is 3.82. The molecular weight excluding hydrogens is 449 g/mol. The molecule has 3 heterocycles. The van der Waals surface area contributed by atoms with E-state index in [-0.39, 0.29) is 16.9 Å². The highest BCUT2D eigenvalue weighted by atomic mass is 35.5. The molecule has 3 aromatic rings. The highest BCUT2D eigenvalue weighted by molar-refractivity contribution is 7.92. The van der Waals surface area contributed by atoms with Gasteiger partial charge in [0.1, 0.15) is 10.7 Å². The Hall–Kier alpha value is -2.27. The predicted molar refractivity (Wildman–Crippen MR) is 116 cm³/mol. The zero-order chi connectivity index (χ0) is 21.1. The molecule has 0 spiro atoms. The summed E-state index contributed by atoms with van der Waals surface area (Å²) in [6.07, 6.45) is 2.62. The van der Waals surface area contributed by atoms with Crippen molar-refractivity contribution in [1.29, 1.82) is 0 Å². The number of halogens is 2. The number of rotatable bonds is 7. The van der Waals surface area contributed by atoms with Gasteiger partial charge in [-0.1, -0.05) is 17.7 Å². The van der Waals surface area contributed by atoms with Crippen LogP contribution in [0.1, 0.15) is 12.1 Å².